The molecule has 0 atom stereocenters. The van der Waals surface area contributed by atoms with Gasteiger partial charge in [0, 0.05) is 31.2 Å². The molecule has 1 aromatic carbocycles. The van der Waals surface area contributed by atoms with Crippen LogP contribution in [0.1, 0.15) is 0 Å². The number of nitrogens with zero attached hydrogens (tertiary/aromatic N) is 6. The Morgan fingerprint density at radius 3 is 2.69 bits per heavy atom. The summed E-state index contributed by atoms with van der Waals surface area (Å²) in [6, 6.07) is 9.40. The molecule has 1 aliphatic heterocycles. The van der Waals surface area contributed by atoms with Crippen LogP contribution in [0, 0.1) is 0 Å². The SMILES string of the molecule is CN1CCN(c2nc3ccc(Cl)cc3n3c(-c4ccco4)nnc23)CC1. The quantitative estimate of drug-likeness (QED) is 0.542. The van der Waals surface area contributed by atoms with Crippen LogP contribution in [0.5, 0.6) is 0 Å². The molecule has 5 rings (SSSR count). The second-order valence-electron chi connectivity index (χ2n) is 6.52. The van der Waals surface area contributed by atoms with Crippen LogP contribution < -0.4 is 4.90 Å². The van der Waals surface area contributed by atoms with Gasteiger partial charge in [-0.3, -0.25) is 4.40 Å². The molecular formula is C18H17ClN6O. The molecule has 26 heavy (non-hydrogen) atoms. The van der Waals surface area contributed by atoms with Gasteiger partial charge in [0.25, 0.3) is 0 Å². The highest BCUT2D eigenvalue weighted by Crippen LogP contribution is 2.30. The fourth-order valence-corrected chi connectivity index (χ4v) is 3.55. The molecule has 0 N–H and O–H groups in total. The molecule has 132 valence electrons. The first-order chi connectivity index (χ1) is 12.7. The third kappa shape index (κ3) is 2.43. The number of hydrogen-bond donors (Lipinski definition) is 0. The van der Waals surface area contributed by atoms with Crippen LogP contribution in [0.2, 0.25) is 5.02 Å². The molecule has 1 aliphatic rings. The fourth-order valence-electron chi connectivity index (χ4n) is 3.39. The van der Waals surface area contributed by atoms with Gasteiger partial charge in [-0.25, -0.2) is 4.98 Å². The first kappa shape index (κ1) is 15.6. The molecule has 1 fully saturated rings. The zero-order chi connectivity index (χ0) is 17.7. The molecule has 0 aliphatic carbocycles. The van der Waals surface area contributed by atoms with E-state index in [9.17, 15) is 0 Å². The second kappa shape index (κ2) is 5.96. The molecule has 0 amide bonds. The monoisotopic (exact) mass is 368 g/mol. The highest BCUT2D eigenvalue weighted by molar-refractivity contribution is 6.31. The van der Waals surface area contributed by atoms with Crippen LogP contribution in [-0.2, 0) is 0 Å². The Labute approximate surface area is 154 Å². The number of rotatable bonds is 2. The van der Waals surface area contributed by atoms with Crippen molar-refractivity contribution in [1.82, 2.24) is 24.5 Å². The van der Waals surface area contributed by atoms with Gasteiger partial charge in [0.15, 0.2) is 11.6 Å². The fraction of sp³-hybridized carbons (Fsp3) is 0.278. The van der Waals surface area contributed by atoms with Crippen molar-refractivity contribution in [2.75, 3.05) is 38.1 Å². The summed E-state index contributed by atoms with van der Waals surface area (Å²) in [6.07, 6.45) is 1.63. The summed E-state index contributed by atoms with van der Waals surface area (Å²) in [7, 11) is 2.13. The minimum Gasteiger partial charge on any atom is -0.461 e. The molecule has 1 saturated heterocycles. The lowest BCUT2D eigenvalue weighted by Gasteiger charge is -2.33. The van der Waals surface area contributed by atoms with E-state index in [1.807, 2.05) is 34.7 Å². The van der Waals surface area contributed by atoms with Gasteiger partial charge in [-0.05, 0) is 37.4 Å². The van der Waals surface area contributed by atoms with E-state index < -0.39 is 0 Å². The molecule has 0 saturated carbocycles. The Kier molecular flexibility index (Phi) is 3.58. The van der Waals surface area contributed by atoms with Crippen LogP contribution in [0.15, 0.2) is 41.0 Å². The average molecular weight is 369 g/mol. The standard InChI is InChI=1S/C18H17ClN6O/c1-23-6-8-24(9-7-23)17-18-22-21-16(15-3-2-10-26-15)25(18)14-11-12(19)4-5-13(14)20-17/h2-5,10-11H,6-9H2,1H3. The Morgan fingerprint density at radius 2 is 1.92 bits per heavy atom. The third-order valence-corrected chi connectivity index (χ3v) is 5.05. The highest BCUT2D eigenvalue weighted by Gasteiger charge is 2.23. The van der Waals surface area contributed by atoms with E-state index in [4.69, 9.17) is 21.0 Å². The van der Waals surface area contributed by atoms with E-state index in [1.165, 1.54) is 0 Å². The summed E-state index contributed by atoms with van der Waals surface area (Å²) in [5.74, 6) is 2.16. The van der Waals surface area contributed by atoms with Crippen molar-refractivity contribution in [1.29, 1.82) is 0 Å². The average Bonchev–Trinajstić information content (AvgIpc) is 3.31. The predicted octanol–water partition coefficient (Wildman–Crippen LogP) is 2.94. The molecule has 4 aromatic rings. The van der Waals surface area contributed by atoms with Crippen molar-refractivity contribution >= 4 is 34.1 Å². The number of hydrogen-bond acceptors (Lipinski definition) is 6. The number of furan rings is 1. The Morgan fingerprint density at radius 1 is 1.08 bits per heavy atom. The number of piperazine rings is 1. The van der Waals surface area contributed by atoms with Crippen molar-refractivity contribution in [2.45, 2.75) is 0 Å². The molecule has 0 spiro atoms. The number of benzene rings is 1. The van der Waals surface area contributed by atoms with Gasteiger partial charge >= 0.3 is 0 Å². The summed E-state index contributed by atoms with van der Waals surface area (Å²) in [6.45, 7) is 3.79. The first-order valence-corrected chi connectivity index (χ1v) is 8.90. The highest BCUT2D eigenvalue weighted by atomic mass is 35.5. The molecule has 0 bridgehead atoms. The summed E-state index contributed by atoms with van der Waals surface area (Å²) >= 11 is 6.25. The van der Waals surface area contributed by atoms with Crippen LogP contribution in [0.3, 0.4) is 0 Å². The smallest absolute Gasteiger partial charge is 0.204 e. The number of anilines is 1. The number of halogens is 1. The van der Waals surface area contributed by atoms with Gasteiger partial charge in [-0.1, -0.05) is 11.6 Å². The normalized spacial score (nSPS) is 16.0. The second-order valence-corrected chi connectivity index (χ2v) is 6.96. The number of fused-ring (bicyclic) bond motifs is 3. The molecule has 0 radical (unpaired) electrons. The molecule has 4 heterocycles. The van der Waals surface area contributed by atoms with E-state index in [2.05, 4.69) is 27.0 Å². The van der Waals surface area contributed by atoms with Crippen LogP contribution in [-0.4, -0.2) is 57.7 Å². The maximum atomic E-state index is 6.25. The van der Waals surface area contributed by atoms with Crippen molar-refractivity contribution in [3.8, 4) is 11.6 Å². The molecule has 8 heteroatoms. The Bertz CT molecular complexity index is 1080. The van der Waals surface area contributed by atoms with Crippen LogP contribution >= 0.6 is 11.6 Å². The minimum absolute atomic E-state index is 0.645. The van der Waals surface area contributed by atoms with Crippen LogP contribution in [0.25, 0.3) is 28.3 Å². The van der Waals surface area contributed by atoms with Gasteiger partial charge in [0.05, 0.1) is 17.3 Å². The van der Waals surface area contributed by atoms with Crippen molar-refractivity contribution in [2.24, 2.45) is 0 Å². The van der Waals surface area contributed by atoms with Gasteiger partial charge in [0.1, 0.15) is 0 Å². The summed E-state index contributed by atoms with van der Waals surface area (Å²) in [5, 5.41) is 9.47. The van der Waals surface area contributed by atoms with Crippen molar-refractivity contribution in [3.05, 3.63) is 41.6 Å². The van der Waals surface area contributed by atoms with Crippen LogP contribution in [0.4, 0.5) is 5.82 Å². The maximum Gasteiger partial charge on any atom is 0.204 e. The zero-order valence-electron chi connectivity index (χ0n) is 14.3. The van der Waals surface area contributed by atoms with E-state index >= 15 is 0 Å². The Hall–Kier alpha value is -2.64. The first-order valence-electron chi connectivity index (χ1n) is 8.52. The van der Waals surface area contributed by atoms with E-state index in [1.54, 1.807) is 6.26 Å². The lowest BCUT2D eigenvalue weighted by molar-refractivity contribution is 0.312. The largest absolute Gasteiger partial charge is 0.461 e. The van der Waals surface area contributed by atoms with Crippen molar-refractivity contribution < 1.29 is 4.42 Å². The molecule has 7 nitrogen and oxygen atoms in total. The van der Waals surface area contributed by atoms with E-state index in [-0.39, 0.29) is 0 Å². The van der Waals surface area contributed by atoms with Gasteiger partial charge < -0.3 is 14.2 Å². The number of aromatic nitrogens is 4. The lowest BCUT2D eigenvalue weighted by atomic mass is 10.2. The molecular weight excluding hydrogens is 352 g/mol. The maximum absolute atomic E-state index is 6.25. The summed E-state index contributed by atoms with van der Waals surface area (Å²) in [5.41, 5.74) is 2.43. The Balaban J connectivity index is 1.79. The van der Waals surface area contributed by atoms with Gasteiger partial charge in [0.2, 0.25) is 11.5 Å². The predicted molar refractivity (Wildman–Crippen MR) is 101 cm³/mol. The third-order valence-electron chi connectivity index (χ3n) is 4.81. The topological polar surface area (TPSA) is 62.7 Å². The zero-order valence-corrected chi connectivity index (χ0v) is 15.0. The lowest BCUT2D eigenvalue weighted by Crippen LogP contribution is -2.45. The van der Waals surface area contributed by atoms with E-state index in [0.717, 1.165) is 48.7 Å². The van der Waals surface area contributed by atoms with Crippen molar-refractivity contribution in [3.63, 3.8) is 0 Å². The number of likely N-dealkylation sites (N-methyl/N-ethyl adjacent to an activating group) is 1. The molecule has 3 aromatic heterocycles. The summed E-state index contributed by atoms with van der Waals surface area (Å²) in [4.78, 5) is 9.46. The van der Waals surface area contributed by atoms with Gasteiger partial charge in [-0.15, -0.1) is 10.2 Å². The van der Waals surface area contributed by atoms with Gasteiger partial charge in [-0.2, -0.15) is 0 Å². The molecule has 0 unspecified atom stereocenters. The minimum atomic E-state index is 0.645. The van der Waals surface area contributed by atoms with E-state index in [0.29, 0.717) is 16.6 Å². The summed E-state index contributed by atoms with van der Waals surface area (Å²) < 4.78 is 7.55.